The third kappa shape index (κ3) is 6.60. The van der Waals surface area contributed by atoms with E-state index in [9.17, 15) is 9.90 Å². The Balaban J connectivity index is 2.66. The Morgan fingerprint density at radius 2 is 2.09 bits per heavy atom. The maximum atomic E-state index is 11.9. The number of aryl methyl sites for hydroxylation is 2. The maximum absolute atomic E-state index is 11.9. The molecule has 23 heavy (non-hydrogen) atoms. The van der Waals surface area contributed by atoms with E-state index in [0.717, 1.165) is 31.5 Å². The Labute approximate surface area is 139 Å². The second-order valence-corrected chi connectivity index (χ2v) is 7.22. The molecule has 1 atom stereocenters. The van der Waals surface area contributed by atoms with Crippen molar-refractivity contribution in [2.75, 3.05) is 13.2 Å². The van der Waals surface area contributed by atoms with E-state index in [4.69, 9.17) is 4.74 Å². The van der Waals surface area contributed by atoms with Gasteiger partial charge in [-0.2, -0.15) is 0 Å². The summed E-state index contributed by atoms with van der Waals surface area (Å²) in [5.41, 5.74) is -0.874. The zero-order valence-electron chi connectivity index (χ0n) is 15.1. The van der Waals surface area contributed by atoms with E-state index in [1.165, 1.54) is 0 Å². The van der Waals surface area contributed by atoms with Gasteiger partial charge in [0.1, 0.15) is 11.4 Å². The van der Waals surface area contributed by atoms with Gasteiger partial charge in [0.2, 0.25) is 0 Å². The monoisotopic (exact) mass is 325 g/mol. The van der Waals surface area contributed by atoms with Gasteiger partial charge in [0.05, 0.1) is 6.61 Å². The predicted molar refractivity (Wildman–Crippen MR) is 90.2 cm³/mol. The highest BCUT2D eigenvalue weighted by Gasteiger charge is 2.30. The molecule has 0 saturated heterocycles. The number of carbonyl (C=O) groups excluding carboxylic acids is 1. The fourth-order valence-electron chi connectivity index (χ4n) is 2.63. The van der Waals surface area contributed by atoms with Crippen molar-refractivity contribution in [3.8, 4) is 0 Å². The van der Waals surface area contributed by atoms with Gasteiger partial charge in [0.15, 0.2) is 0 Å². The van der Waals surface area contributed by atoms with Crippen molar-refractivity contribution in [2.24, 2.45) is 12.5 Å². The molecule has 1 heterocycles. The molecular weight excluding hydrogens is 294 g/mol. The molecule has 1 aromatic rings. The summed E-state index contributed by atoms with van der Waals surface area (Å²) < 4.78 is 7.26. The van der Waals surface area contributed by atoms with Gasteiger partial charge >= 0.3 is 6.09 Å². The summed E-state index contributed by atoms with van der Waals surface area (Å²) in [6.45, 7) is 8.01. The van der Waals surface area contributed by atoms with Gasteiger partial charge in [0, 0.05) is 37.8 Å². The molecule has 1 amide bonds. The van der Waals surface area contributed by atoms with Crippen LogP contribution in [-0.4, -0.2) is 39.5 Å². The highest BCUT2D eigenvalue weighted by Crippen LogP contribution is 2.29. The van der Waals surface area contributed by atoms with Crippen molar-refractivity contribution >= 4 is 6.09 Å². The molecule has 1 rings (SSSR count). The quantitative estimate of drug-likeness (QED) is 0.770. The summed E-state index contributed by atoms with van der Waals surface area (Å²) in [5.74, 6) is 0.983. The Bertz CT molecular complexity index is 494. The number of aromatic nitrogens is 2. The van der Waals surface area contributed by atoms with Crippen LogP contribution in [-0.2, 0) is 18.2 Å². The second-order valence-electron chi connectivity index (χ2n) is 7.22. The minimum Gasteiger partial charge on any atom is -0.444 e. The van der Waals surface area contributed by atoms with Gasteiger partial charge in [-0.15, -0.1) is 0 Å². The third-order valence-corrected chi connectivity index (χ3v) is 3.92. The molecule has 0 radical (unpaired) electrons. The lowest BCUT2D eigenvalue weighted by atomic mass is 9.79. The molecular formula is C17H31N3O3. The second kappa shape index (κ2) is 8.34. The summed E-state index contributed by atoms with van der Waals surface area (Å²) in [6.07, 6.45) is 6.55. The van der Waals surface area contributed by atoms with Crippen molar-refractivity contribution in [3.63, 3.8) is 0 Å². The number of amides is 1. The topological polar surface area (TPSA) is 76.4 Å². The first kappa shape index (κ1) is 19.5. The SMILES string of the molecule is CCCC(CO)(CCc1nccn1C)CNC(=O)OC(C)(C)C. The smallest absolute Gasteiger partial charge is 0.407 e. The number of rotatable bonds is 8. The molecule has 0 bridgehead atoms. The standard InChI is InChI=1S/C17H31N3O3/c1-6-8-17(13-21,9-7-14-18-10-11-20(14)5)12-19-15(22)23-16(2,3)4/h10-11,21H,6-9,12-13H2,1-5H3,(H,19,22). The van der Waals surface area contributed by atoms with Crippen molar-refractivity contribution in [1.29, 1.82) is 0 Å². The van der Waals surface area contributed by atoms with Gasteiger partial charge < -0.3 is 19.7 Å². The molecule has 0 saturated carbocycles. The number of ether oxygens (including phenoxy) is 1. The number of hydrogen-bond acceptors (Lipinski definition) is 4. The van der Waals surface area contributed by atoms with Crippen LogP contribution in [0.25, 0.3) is 0 Å². The van der Waals surface area contributed by atoms with E-state index in [0.29, 0.717) is 6.54 Å². The minimum absolute atomic E-state index is 0.0288. The van der Waals surface area contributed by atoms with Crippen molar-refractivity contribution < 1.29 is 14.6 Å². The molecule has 132 valence electrons. The zero-order chi connectivity index (χ0) is 17.5. The molecule has 0 aliphatic heterocycles. The van der Waals surface area contributed by atoms with E-state index in [1.54, 1.807) is 6.20 Å². The minimum atomic E-state index is -0.524. The number of aliphatic hydroxyl groups excluding tert-OH is 1. The largest absolute Gasteiger partial charge is 0.444 e. The number of alkyl carbamates (subject to hydrolysis) is 1. The van der Waals surface area contributed by atoms with Crippen molar-refractivity contribution in [1.82, 2.24) is 14.9 Å². The van der Waals surface area contributed by atoms with Crippen molar-refractivity contribution in [3.05, 3.63) is 18.2 Å². The summed E-state index contributed by atoms with van der Waals surface area (Å²) in [6, 6.07) is 0. The molecule has 2 N–H and O–H groups in total. The van der Waals surface area contributed by atoms with Crippen molar-refractivity contribution in [2.45, 2.75) is 59.0 Å². The first-order chi connectivity index (χ1) is 10.7. The van der Waals surface area contributed by atoms with E-state index >= 15 is 0 Å². The van der Waals surface area contributed by atoms with Crippen LogP contribution >= 0.6 is 0 Å². The Morgan fingerprint density at radius 3 is 2.57 bits per heavy atom. The first-order valence-corrected chi connectivity index (χ1v) is 8.25. The highest BCUT2D eigenvalue weighted by molar-refractivity contribution is 5.67. The molecule has 0 fully saturated rings. The van der Waals surface area contributed by atoms with E-state index in [-0.39, 0.29) is 12.0 Å². The number of carbonyl (C=O) groups is 1. The molecule has 6 nitrogen and oxygen atoms in total. The molecule has 0 aromatic carbocycles. The van der Waals surface area contributed by atoms with Crippen LogP contribution in [0, 0.1) is 5.41 Å². The summed E-state index contributed by atoms with van der Waals surface area (Å²) >= 11 is 0. The van der Waals surface area contributed by atoms with Crippen LogP contribution in [0.1, 0.15) is 52.8 Å². The third-order valence-electron chi connectivity index (χ3n) is 3.92. The van der Waals surface area contributed by atoms with E-state index in [2.05, 4.69) is 17.2 Å². The van der Waals surface area contributed by atoms with Crippen LogP contribution in [0.4, 0.5) is 4.79 Å². The van der Waals surface area contributed by atoms with Crippen LogP contribution in [0.5, 0.6) is 0 Å². The summed E-state index contributed by atoms with van der Waals surface area (Å²) in [4.78, 5) is 16.2. The molecule has 1 aromatic heterocycles. The number of imidazole rings is 1. The van der Waals surface area contributed by atoms with E-state index < -0.39 is 11.7 Å². The fraction of sp³-hybridized carbons (Fsp3) is 0.765. The van der Waals surface area contributed by atoms with Crippen LogP contribution in [0.15, 0.2) is 12.4 Å². The Kier molecular flexibility index (Phi) is 7.06. The van der Waals surface area contributed by atoms with Crippen LogP contribution < -0.4 is 5.32 Å². The lowest BCUT2D eigenvalue weighted by Gasteiger charge is -2.32. The predicted octanol–water partition coefficient (Wildman–Crippen LogP) is 2.66. The highest BCUT2D eigenvalue weighted by atomic mass is 16.6. The normalized spacial score (nSPS) is 14.3. The molecule has 1 unspecified atom stereocenters. The molecule has 0 aliphatic carbocycles. The van der Waals surface area contributed by atoms with Gasteiger partial charge in [0.25, 0.3) is 0 Å². The van der Waals surface area contributed by atoms with Crippen LogP contribution in [0.3, 0.4) is 0 Å². The molecule has 0 spiro atoms. The number of hydrogen-bond donors (Lipinski definition) is 2. The summed E-state index contributed by atoms with van der Waals surface area (Å²) in [5, 5.41) is 12.7. The first-order valence-electron chi connectivity index (χ1n) is 8.25. The Hall–Kier alpha value is -1.56. The average molecular weight is 325 g/mol. The van der Waals surface area contributed by atoms with E-state index in [1.807, 2.05) is 38.6 Å². The van der Waals surface area contributed by atoms with Gasteiger partial charge in [-0.3, -0.25) is 0 Å². The fourth-order valence-corrected chi connectivity index (χ4v) is 2.63. The molecule has 6 heteroatoms. The lowest BCUT2D eigenvalue weighted by molar-refractivity contribution is 0.0444. The average Bonchev–Trinajstić information content (AvgIpc) is 2.86. The summed E-state index contributed by atoms with van der Waals surface area (Å²) in [7, 11) is 1.96. The number of nitrogens with one attached hydrogen (secondary N) is 1. The van der Waals surface area contributed by atoms with Crippen LogP contribution in [0.2, 0.25) is 0 Å². The Morgan fingerprint density at radius 1 is 1.39 bits per heavy atom. The van der Waals surface area contributed by atoms with Gasteiger partial charge in [-0.1, -0.05) is 13.3 Å². The maximum Gasteiger partial charge on any atom is 0.407 e. The number of nitrogens with zero attached hydrogens (tertiary/aromatic N) is 2. The zero-order valence-corrected chi connectivity index (χ0v) is 15.1. The number of aliphatic hydroxyl groups is 1. The molecule has 0 aliphatic rings. The van der Waals surface area contributed by atoms with Gasteiger partial charge in [-0.05, 0) is 33.6 Å². The van der Waals surface area contributed by atoms with Gasteiger partial charge in [-0.25, -0.2) is 9.78 Å². The lowest BCUT2D eigenvalue weighted by Crippen LogP contribution is -2.42.